The van der Waals surface area contributed by atoms with Crippen molar-refractivity contribution < 1.29 is 4.57 Å². The summed E-state index contributed by atoms with van der Waals surface area (Å²) in [5, 5.41) is 0. The van der Waals surface area contributed by atoms with Crippen molar-refractivity contribution in [3.63, 3.8) is 0 Å². The van der Waals surface area contributed by atoms with Crippen LogP contribution in [0.4, 0.5) is 0 Å². The first-order chi connectivity index (χ1) is 10.1. The lowest BCUT2D eigenvalue weighted by Crippen LogP contribution is -2.30. The summed E-state index contributed by atoms with van der Waals surface area (Å²) in [5.74, 6) is 1.02. The predicted octanol–water partition coefficient (Wildman–Crippen LogP) is 3.20. The number of aromatic nitrogens is 3. The molecule has 0 radical (unpaired) electrons. The van der Waals surface area contributed by atoms with Crippen molar-refractivity contribution in [3.05, 3.63) is 60.0 Å². The maximum atomic E-state index is 4.65. The molecule has 106 valence electrons. The fourth-order valence-corrected chi connectivity index (χ4v) is 2.82. The molecular weight excluding hydrogens is 258 g/mol. The molecular formula is C18H20N3+. The van der Waals surface area contributed by atoms with Gasteiger partial charge in [-0.3, -0.25) is 0 Å². The summed E-state index contributed by atoms with van der Waals surface area (Å²) in [6.45, 7) is 4.20. The molecule has 0 saturated carbocycles. The summed E-state index contributed by atoms with van der Waals surface area (Å²) in [4.78, 5) is 4.65. The van der Waals surface area contributed by atoms with Crippen LogP contribution in [-0.2, 0) is 14.1 Å². The van der Waals surface area contributed by atoms with Gasteiger partial charge in [-0.05, 0) is 31.5 Å². The maximum Gasteiger partial charge on any atom is 0.212 e. The van der Waals surface area contributed by atoms with Crippen LogP contribution in [0.5, 0.6) is 0 Å². The third-order valence-corrected chi connectivity index (χ3v) is 3.90. The summed E-state index contributed by atoms with van der Waals surface area (Å²) in [6, 6.07) is 12.7. The van der Waals surface area contributed by atoms with E-state index in [0.29, 0.717) is 0 Å². The Morgan fingerprint density at radius 3 is 2.43 bits per heavy atom. The minimum Gasteiger partial charge on any atom is -0.334 e. The number of pyridine rings is 1. The second kappa shape index (κ2) is 5.17. The number of rotatable bonds is 2. The van der Waals surface area contributed by atoms with E-state index in [4.69, 9.17) is 0 Å². The average molecular weight is 278 g/mol. The molecule has 3 aromatic rings. The number of hydrogen-bond acceptors (Lipinski definition) is 1. The molecule has 21 heavy (non-hydrogen) atoms. The van der Waals surface area contributed by atoms with Gasteiger partial charge in [-0.25, -0.2) is 9.55 Å². The van der Waals surface area contributed by atoms with Crippen molar-refractivity contribution in [2.45, 2.75) is 13.8 Å². The van der Waals surface area contributed by atoms with E-state index in [1.807, 2.05) is 20.0 Å². The molecule has 0 bridgehead atoms. The Labute approximate surface area is 125 Å². The zero-order valence-electron chi connectivity index (χ0n) is 13.0. The third kappa shape index (κ3) is 2.35. The Bertz CT molecular complexity index is 800. The van der Waals surface area contributed by atoms with Crippen molar-refractivity contribution >= 4 is 0 Å². The van der Waals surface area contributed by atoms with Gasteiger partial charge in [0.1, 0.15) is 12.9 Å². The van der Waals surface area contributed by atoms with E-state index in [2.05, 4.69) is 70.8 Å². The molecule has 0 N–H and O–H groups in total. The van der Waals surface area contributed by atoms with Gasteiger partial charge >= 0.3 is 0 Å². The summed E-state index contributed by atoms with van der Waals surface area (Å²) in [6.07, 6.45) is 4.14. The highest BCUT2D eigenvalue weighted by atomic mass is 15.0. The van der Waals surface area contributed by atoms with Gasteiger partial charge in [-0.1, -0.05) is 12.1 Å². The molecule has 0 aliphatic heterocycles. The van der Waals surface area contributed by atoms with Crippen LogP contribution in [0.25, 0.3) is 22.6 Å². The molecule has 0 saturated heterocycles. The fourth-order valence-electron chi connectivity index (χ4n) is 2.82. The zero-order valence-corrected chi connectivity index (χ0v) is 13.0. The maximum absolute atomic E-state index is 4.65. The summed E-state index contributed by atoms with van der Waals surface area (Å²) < 4.78 is 4.24. The highest BCUT2D eigenvalue weighted by molar-refractivity contribution is 5.73. The van der Waals surface area contributed by atoms with Crippen molar-refractivity contribution in [3.8, 4) is 22.6 Å². The van der Waals surface area contributed by atoms with Gasteiger partial charge in [0.05, 0.1) is 5.69 Å². The Morgan fingerprint density at radius 2 is 1.76 bits per heavy atom. The zero-order chi connectivity index (χ0) is 15.0. The van der Waals surface area contributed by atoms with Crippen LogP contribution in [0.3, 0.4) is 0 Å². The normalized spacial score (nSPS) is 10.9. The molecule has 0 aliphatic carbocycles. The van der Waals surface area contributed by atoms with Crippen LogP contribution in [0, 0.1) is 13.8 Å². The summed E-state index contributed by atoms with van der Waals surface area (Å²) in [7, 11) is 4.12. The Morgan fingerprint density at radius 1 is 1.00 bits per heavy atom. The van der Waals surface area contributed by atoms with Crippen molar-refractivity contribution in [2.75, 3.05) is 0 Å². The van der Waals surface area contributed by atoms with Crippen LogP contribution in [0.15, 0.2) is 48.8 Å². The van der Waals surface area contributed by atoms with Crippen LogP contribution >= 0.6 is 0 Å². The van der Waals surface area contributed by atoms with Gasteiger partial charge in [0.25, 0.3) is 0 Å². The van der Waals surface area contributed by atoms with E-state index in [0.717, 1.165) is 11.5 Å². The van der Waals surface area contributed by atoms with Crippen LogP contribution in [0.2, 0.25) is 0 Å². The van der Waals surface area contributed by atoms with E-state index in [1.165, 1.54) is 22.4 Å². The lowest BCUT2D eigenvalue weighted by atomic mass is 9.99. The molecule has 3 nitrogen and oxygen atoms in total. The SMILES string of the molecule is Cc1cn(C)c(-c2cccc(-c3cccc[n+]3C)c2C)n1. The molecule has 0 amide bonds. The minimum absolute atomic E-state index is 1.02. The highest BCUT2D eigenvalue weighted by Gasteiger charge is 2.16. The van der Waals surface area contributed by atoms with E-state index < -0.39 is 0 Å². The van der Waals surface area contributed by atoms with Crippen LogP contribution in [-0.4, -0.2) is 9.55 Å². The Kier molecular flexibility index (Phi) is 3.34. The molecule has 2 aromatic heterocycles. The van der Waals surface area contributed by atoms with Gasteiger partial charge in [0, 0.05) is 36.5 Å². The van der Waals surface area contributed by atoms with Gasteiger partial charge in [-0.15, -0.1) is 0 Å². The van der Waals surface area contributed by atoms with Gasteiger partial charge < -0.3 is 4.57 Å². The molecule has 1 aromatic carbocycles. The molecule has 3 heteroatoms. The first-order valence-electron chi connectivity index (χ1n) is 7.13. The number of benzene rings is 1. The molecule has 0 atom stereocenters. The largest absolute Gasteiger partial charge is 0.334 e. The molecule has 0 spiro atoms. The van der Waals surface area contributed by atoms with E-state index >= 15 is 0 Å². The molecule has 0 fully saturated rings. The second-order valence-corrected chi connectivity index (χ2v) is 5.49. The number of aryl methyl sites for hydroxylation is 3. The number of hydrogen-bond donors (Lipinski definition) is 0. The lowest BCUT2D eigenvalue weighted by Gasteiger charge is -2.10. The van der Waals surface area contributed by atoms with Gasteiger partial charge in [0.2, 0.25) is 5.69 Å². The number of imidazole rings is 1. The second-order valence-electron chi connectivity index (χ2n) is 5.49. The fraction of sp³-hybridized carbons (Fsp3) is 0.222. The number of nitrogens with zero attached hydrogens (tertiary/aromatic N) is 3. The van der Waals surface area contributed by atoms with E-state index in [1.54, 1.807) is 0 Å². The van der Waals surface area contributed by atoms with Gasteiger partial charge in [0.15, 0.2) is 6.20 Å². The van der Waals surface area contributed by atoms with Gasteiger partial charge in [-0.2, -0.15) is 0 Å². The molecule has 0 aliphatic rings. The monoisotopic (exact) mass is 278 g/mol. The first kappa shape index (κ1) is 13.6. The van der Waals surface area contributed by atoms with Crippen molar-refractivity contribution in [1.29, 1.82) is 0 Å². The molecule has 3 rings (SSSR count). The molecule has 0 unspecified atom stereocenters. The third-order valence-electron chi connectivity index (χ3n) is 3.90. The minimum atomic E-state index is 1.02. The predicted molar refractivity (Wildman–Crippen MR) is 84.7 cm³/mol. The van der Waals surface area contributed by atoms with Crippen LogP contribution < -0.4 is 4.57 Å². The average Bonchev–Trinajstić information content (AvgIpc) is 2.79. The lowest BCUT2D eigenvalue weighted by molar-refractivity contribution is -0.660. The summed E-state index contributed by atoms with van der Waals surface area (Å²) >= 11 is 0. The summed E-state index contributed by atoms with van der Waals surface area (Å²) in [5.41, 5.74) is 5.95. The van der Waals surface area contributed by atoms with Crippen molar-refractivity contribution in [1.82, 2.24) is 9.55 Å². The smallest absolute Gasteiger partial charge is 0.212 e. The Hall–Kier alpha value is -2.42. The standard InChI is InChI=1S/C18H20N3/c1-13-12-21(4)18(19-13)16-9-7-8-15(14(16)2)17-10-5-6-11-20(17)3/h5-12H,1-4H3/q+1. The Balaban J connectivity index is 2.21. The van der Waals surface area contributed by atoms with Crippen LogP contribution in [0.1, 0.15) is 11.3 Å². The van der Waals surface area contributed by atoms with E-state index in [-0.39, 0.29) is 0 Å². The first-order valence-corrected chi connectivity index (χ1v) is 7.13. The topological polar surface area (TPSA) is 21.7 Å². The highest BCUT2D eigenvalue weighted by Crippen LogP contribution is 2.29. The van der Waals surface area contributed by atoms with E-state index in [9.17, 15) is 0 Å². The van der Waals surface area contributed by atoms with Crippen molar-refractivity contribution in [2.24, 2.45) is 14.1 Å². The quantitative estimate of drug-likeness (QED) is 0.660. The molecule has 2 heterocycles.